The Morgan fingerprint density at radius 2 is 1.69 bits per heavy atom. The fraction of sp³-hybridized carbons (Fsp3) is 0.296. The largest absolute Gasteiger partial charge is 0.493 e. The first-order valence-corrected chi connectivity index (χ1v) is 11.4. The minimum absolute atomic E-state index is 0.301. The lowest BCUT2D eigenvalue weighted by molar-refractivity contribution is 0.0690. The summed E-state index contributed by atoms with van der Waals surface area (Å²) in [5, 5.41) is 13.1. The van der Waals surface area contributed by atoms with Crippen molar-refractivity contribution in [3.8, 4) is 5.75 Å². The quantitative estimate of drug-likeness (QED) is 0.353. The fourth-order valence-electron chi connectivity index (χ4n) is 4.85. The first-order valence-electron chi connectivity index (χ1n) is 11.4. The van der Waals surface area contributed by atoms with Crippen molar-refractivity contribution in [1.82, 2.24) is 4.98 Å². The Kier molecular flexibility index (Phi) is 5.71. The molecule has 164 valence electrons. The summed E-state index contributed by atoms with van der Waals surface area (Å²) in [5.41, 5.74) is 3.22. The molecule has 1 aliphatic heterocycles. The van der Waals surface area contributed by atoms with Gasteiger partial charge in [0.2, 0.25) is 0 Å². The summed E-state index contributed by atoms with van der Waals surface area (Å²) in [6.45, 7) is 2.58. The molecule has 5 heteroatoms. The molecule has 1 fully saturated rings. The van der Waals surface area contributed by atoms with E-state index in [1.165, 1.54) is 19.3 Å². The normalized spacial score (nSPS) is 14.2. The number of hydrogen-bond donors (Lipinski definition) is 2. The number of aromatic amines is 1. The smallest absolute Gasteiger partial charge is 0.352 e. The molecule has 0 spiro atoms. The summed E-state index contributed by atoms with van der Waals surface area (Å²) >= 11 is 0. The van der Waals surface area contributed by atoms with E-state index in [0.29, 0.717) is 18.7 Å². The molecule has 4 aromatic rings. The molecule has 2 N–H and O–H groups in total. The molecular formula is C27H28N2O3. The lowest BCUT2D eigenvalue weighted by Gasteiger charge is -2.29. The number of ether oxygens (including phenoxy) is 1. The number of fused-ring (bicyclic) bond motifs is 2. The minimum Gasteiger partial charge on any atom is -0.493 e. The number of nitrogens with zero attached hydrogens (tertiary/aromatic N) is 1. The predicted molar refractivity (Wildman–Crippen MR) is 129 cm³/mol. The van der Waals surface area contributed by atoms with Gasteiger partial charge in [0.1, 0.15) is 11.4 Å². The van der Waals surface area contributed by atoms with E-state index in [4.69, 9.17) is 4.74 Å². The number of carboxylic acid groups (broad SMARTS) is 1. The van der Waals surface area contributed by atoms with E-state index >= 15 is 0 Å². The van der Waals surface area contributed by atoms with Gasteiger partial charge in [-0.05, 0) is 55.2 Å². The summed E-state index contributed by atoms with van der Waals surface area (Å²) in [5.74, 6) is -0.0383. The van der Waals surface area contributed by atoms with Crippen molar-refractivity contribution in [2.24, 2.45) is 0 Å². The summed E-state index contributed by atoms with van der Waals surface area (Å²) in [7, 11) is 0. The van der Waals surface area contributed by atoms with Gasteiger partial charge in [-0.15, -0.1) is 0 Å². The van der Waals surface area contributed by atoms with E-state index < -0.39 is 5.97 Å². The van der Waals surface area contributed by atoms with Crippen LogP contribution < -0.4 is 9.64 Å². The fourth-order valence-corrected chi connectivity index (χ4v) is 4.85. The number of rotatable bonds is 7. The van der Waals surface area contributed by atoms with Crippen LogP contribution in [0.4, 0.5) is 5.69 Å². The molecule has 2 heterocycles. The number of hydrogen-bond acceptors (Lipinski definition) is 3. The predicted octanol–water partition coefficient (Wildman–Crippen LogP) is 6.02. The number of para-hydroxylation sites is 1. The molecule has 5 rings (SSSR count). The zero-order valence-corrected chi connectivity index (χ0v) is 18.1. The van der Waals surface area contributed by atoms with Crippen LogP contribution >= 0.6 is 0 Å². The number of aromatic carboxylic acids is 1. The van der Waals surface area contributed by atoms with Crippen LogP contribution in [0.2, 0.25) is 0 Å². The Labute approximate surface area is 187 Å². The third-order valence-electron chi connectivity index (χ3n) is 6.41. The molecule has 0 radical (unpaired) electrons. The SMILES string of the molecule is O=C(O)c1[nH]c2c(N3CCCCC3)cccc2c1CCCOc1cccc2ccccc12. The molecule has 5 nitrogen and oxygen atoms in total. The Hall–Kier alpha value is -3.47. The number of carbonyl (C=O) groups is 1. The third kappa shape index (κ3) is 3.91. The maximum atomic E-state index is 12.0. The Morgan fingerprint density at radius 1 is 0.938 bits per heavy atom. The highest BCUT2D eigenvalue weighted by atomic mass is 16.5. The molecule has 3 aromatic carbocycles. The van der Waals surface area contributed by atoms with Crippen molar-refractivity contribution in [3.05, 3.63) is 71.9 Å². The van der Waals surface area contributed by atoms with Gasteiger partial charge in [-0.3, -0.25) is 0 Å². The molecule has 0 atom stereocenters. The van der Waals surface area contributed by atoms with Gasteiger partial charge in [-0.2, -0.15) is 0 Å². The van der Waals surface area contributed by atoms with E-state index in [0.717, 1.165) is 58.2 Å². The Morgan fingerprint density at radius 3 is 2.53 bits per heavy atom. The third-order valence-corrected chi connectivity index (χ3v) is 6.41. The zero-order chi connectivity index (χ0) is 21.9. The van der Waals surface area contributed by atoms with Crippen LogP contribution in [-0.4, -0.2) is 35.8 Å². The Bertz CT molecular complexity index is 1250. The van der Waals surface area contributed by atoms with E-state index in [9.17, 15) is 9.90 Å². The van der Waals surface area contributed by atoms with Gasteiger partial charge >= 0.3 is 5.97 Å². The first kappa shape index (κ1) is 20.4. The standard InChI is InChI=1S/C27H28N2O3/c30-27(31)26-22(13-8-18-32-24-15-6-10-19-9-2-3-11-20(19)24)21-12-7-14-23(25(21)28-26)29-16-4-1-5-17-29/h2-3,6-7,9-12,14-15,28H,1,4-5,8,13,16-18H2,(H,30,31). The van der Waals surface area contributed by atoms with Gasteiger partial charge in [-0.25, -0.2) is 4.79 Å². The summed E-state index contributed by atoms with van der Waals surface area (Å²) in [6, 6.07) is 20.4. The summed E-state index contributed by atoms with van der Waals surface area (Å²) < 4.78 is 6.08. The maximum Gasteiger partial charge on any atom is 0.352 e. The molecule has 0 saturated carbocycles. The molecule has 1 aromatic heterocycles. The van der Waals surface area contributed by atoms with E-state index in [1.807, 2.05) is 36.4 Å². The number of piperidine rings is 1. The second-order valence-corrected chi connectivity index (χ2v) is 8.46. The van der Waals surface area contributed by atoms with Crippen LogP contribution in [0.1, 0.15) is 41.7 Å². The van der Waals surface area contributed by atoms with Gasteiger partial charge in [0.15, 0.2) is 0 Å². The van der Waals surface area contributed by atoms with Crippen molar-refractivity contribution in [1.29, 1.82) is 0 Å². The van der Waals surface area contributed by atoms with Crippen LogP contribution in [0, 0.1) is 0 Å². The number of anilines is 1. The van der Waals surface area contributed by atoms with Crippen molar-refractivity contribution in [2.45, 2.75) is 32.1 Å². The van der Waals surface area contributed by atoms with Gasteiger partial charge in [0.25, 0.3) is 0 Å². The Balaban J connectivity index is 1.36. The highest BCUT2D eigenvalue weighted by Gasteiger charge is 2.21. The molecule has 0 unspecified atom stereocenters. The molecular weight excluding hydrogens is 400 g/mol. The number of aryl methyl sites for hydroxylation is 1. The average molecular weight is 429 g/mol. The molecule has 0 aliphatic carbocycles. The van der Waals surface area contributed by atoms with E-state index in [2.05, 4.69) is 34.1 Å². The number of carboxylic acids is 1. The molecule has 0 amide bonds. The minimum atomic E-state index is -0.907. The van der Waals surface area contributed by atoms with Crippen LogP contribution in [-0.2, 0) is 6.42 Å². The van der Waals surface area contributed by atoms with Crippen molar-refractivity contribution in [2.75, 3.05) is 24.6 Å². The van der Waals surface area contributed by atoms with Gasteiger partial charge < -0.3 is 19.7 Å². The van der Waals surface area contributed by atoms with Gasteiger partial charge in [0, 0.05) is 23.9 Å². The summed E-state index contributed by atoms with van der Waals surface area (Å²) in [6.07, 6.45) is 5.02. The van der Waals surface area contributed by atoms with Crippen molar-refractivity contribution < 1.29 is 14.6 Å². The van der Waals surface area contributed by atoms with E-state index in [-0.39, 0.29) is 0 Å². The lowest BCUT2D eigenvalue weighted by Crippen LogP contribution is -2.29. The number of nitrogens with one attached hydrogen (secondary N) is 1. The van der Waals surface area contributed by atoms with Crippen LogP contribution in [0.25, 0.3) is 21.7 Å². The summed E-state index contributed by atoms with van der Waals surface area (Å²) in [4.78, 5) is 17.6. The molecule has 1 saturated heterocycles. The first-order chi connectivity index (χ1) is 15.7. The number of aromatic nitrogens is 1. The monoisotopic (exact) mass is 428 g/mol. The number of H-pyrrole nitrogens is 1. The maximum absolute atomic E-state index is 12.0. The molecule has 32 heavy (non-hydrogen) atoms. The second kappa shape index (κ2) is 8.95. The highest BCUT2D eigenvalue weighted by molar-refractivity contribution is 6.02. The lowest BCUT2D eigenvalue weighted by atomic mass is 10.0. The van der Waals surface area contributed by atoms with Gasteiger partial charge in [-0.1, -0.05) is 48.5 Å². The molecule has 0 bridgehead atoms. The second-order valence-electron chi connectivity index (χ2n) is 8.46. The average Bonchev–Trinajstić information content (AvgIpc) is 3.21. The van der Waals surface area contributed by atoms with Crippen LogP contribution in [0.5, 0.6) is 5.75 Å². The molecule has 1 aliphatic rings. The van der Waals surface area contributed by atoms with Gasteiger partial charge in [0.05, 0.1) is 17.8 Å². The van der Waals surface area contributed by atoms with E-state index in [1.54, 1.807) is 0 Å². The van der Waals surface area contributed by atoms with Crippen LogP contribution in [0.15, 0.2) is 60.7 Å². The van der Waals surface area contributed by atoms with Crippen LogP contribution in [0.3, 0.4) is 0 Å². The zero-order valence-electron chi connectivity index (χ0n) is 18.1. The highest BCUT2D eigenvalue weighted by Crippen LogP contribution is 2.33. The van der Waals surface area contributed by atoms with Crippen molar-refractivity contribution >= 4 is 33.3 Å². The number of benzene rings is 3. The topological polar surface area (TPSA) is 65.6 Å². The van der Waals surface area contributed by atoms with Crippen molar-refractivity contribution in [3.63, 3.8) is 0 Å².